The smallest absolute Gasteiger partial charge is 0.338 e. The van der Waals surface area contributed by atoms with Gasteiger partial charge in [-0.1, -0.05) is 208 Å². The largest absolute Gasteiger partial charge is 0.494 e. The third kappa shape index (κ3) is 35.9. The van der Waals surface area contributed by atoms with Crippen LogP contribution >= 0.6 is 0 Å². The highest BCUT2D eigenvalue weighted by Crippen LogP contribution is 2.25. The Balaban J connectivity index is 0.00000221. The van der Waals surface area contributed by atoms with Gasteiger partial charge < -0.3 is 33.2 Å². The average Bonchev–Trinajstić information content (AvgIpc) is 3.45. The fourth-order valence-electron chi connectivity index (χ4n) is 8.41. The van der Waals surface area contributed by atoms with E-state index in [0.29, 0.717) is 37.1 Å². The first-order valence-corrected chi connectivity index (χ1v) is 30.4. The van der Waals surface area contributed by atoms with Crippen molar-refractivity contribution in [3.05, 3.63) is 89.5 Å². The van der Waals surface area contributed by atoms with Gasteiger partial charge in [0.1, 0.15) is 49.1 Å². The summed E-state index contributed by atoms with van der Waals surface area (Å²) >= 11 is 0. The Morgan fingerprint density at radius 2 is 0.558 bits per heavy atom. The molecule has 0 amide bonds. The van der Waals surface area contributed by atoms with Crippen LogP contribution in [0.5, 0.6) is 17.2 Å². The van der Waals surface area contributed by atoms with Crippen LogP contribution in [0.3, 0.4) is 0 Å². The molecule has 3 aromatic carbocycles. The maximum absolute atomic E-state index is 13.4. The molecule has 0 aliphatic rings. The van der Waals surface area contributed by atoms with E-state index in [-0.39, 0.29) is 23.3 Å². The Bertz CT molecular complexity index is 1780. The number of hydrogen-bond acceptors (Lipinski definition) is 11. The topological polar surface area (TPSA) is 133 Å². The molecule has 0 aliphatic heterocycles. The van der Waals surface area contributed by atoms with Crippen molar-refractivity contribution in [1.82, 2.24) is 0 Å². The van der Waals surface area contributed by atoms with Crippen molar-refractivity contribution < 1.29 is 52.3 Å². The summed E-state index contributed by atoms with van der Waals surface area (Å²) in [6.07, 6.45) is 36.2. The third-order valence-corrected chi connectivity index (χ3v) is 13.2. The first-order valence-electron chi connectivity index (χ1n) is 30.4. The van der Waals surface area contributed by atoms with Crippen molar-refractivity contribution in [2.24, 2.45) is 5.41 Å². The van der Waals surface area contributed by atoms with E-state index in [1.54, 1.807) is 72.8 Å². The SMILES string of the molecule is CC.CCCCCCCCCC.CCCCCCCCCCCCOc1ccc(C(=O)OCC(COC(C)=O)(COC(=O)c2ccc(OCC)cc2)COC(=O)c2ccc(OCCCCCCCCCCCC)cc2)cc1. The van der Waals surface area contributed by atoms with Gasteiger partial charge in [0.15, 0.2) is 0 Å². The van der Waals surface area contributed by atoms with Crippen LogP contribution in [0.4, 0.5) is 0 Å². The molecule has 77 heavy (non-hydrogen) atoms. The number of unbranched alkanes of at least 4 members (excludes halogenated alkanes) is 25. The van der Waals surface area contributed by atoms with Gasteiger partial charge in [0.25, 0.3) is 0 Å². The lowest BCUT2D eigenvalue weighted by molar-refractivity contribution is -0.149. The molecule has 0 atom stereocenters. The molecule has 0 aromatic heterocycles. The third-order valence-electron chi connectivity index (χ3n) is 13.2. The molecule has 0 saturated carbocycles. The summed E-state index contributed by atoms with van der Waals surface area (Å²) in [5, 5.41) is 0. The van der Waals surface area contributed by atoms with Gasteiger partial charge in [-0.15, -0.1) is 0 Å². The van der Waals surface area contributed by atoms with Gasteiger partial charge in [-0.25, -0.2) is 14.4 Å². The van der Waals surface area contributed by atoms with Gasteiger partial charge in [0.05, 0.1) is 36.5 Å². The number of esters is 4. The van der Waals surface area contributed by atoms with Crippen molar-refractivity contribution in [2.45, 2.75) is 235 Å². The van der Waals surface area contributed by atoms with Crippen LogP contribution in [-0.2, 0) is 23.7 Å². The normalized spacial score (nSPS) is 10.8. The monoisotopic (exact) mass is 1070 g/mol. The Morgan fingerprint density at radius 1 is 0.325 bits per heavy atom. The summed E-state index contributed by atoms with van der Waals surface area (Å²) in [7, 11) is 0. The molecule has 0 unspecified atom stereocenters. The first-order chi connectivity index (χ1) is 37.6. The standard InChI is InChI=1S/C54H78O11.C10H22.C2H6/c1-5-8-10-12-14-16-18-20-22-24-38-60-49-34-28-46(29-35-49)52(57)64-42-54(40-62-44(4)55,41-63-51(56)45-26-32-48(33-27-45)59-7-3)43-65-53(58)47-30-36-50(37-31-47)61-39-25-23-21-19-17-15-13-11-9-6-2;1-3-5-7-9-10-8-6-4-2;1-2/h26-37H,5-25,38-43H2,1-4H3;3-10H2,1-2H3;1-2H3. The molecule has 0 radical (unpaired) electrons. The second-order valence-corrected chi connectivity index (χ2v) is 20.2. The number of ether oxygens (including phenoxy) is 7. The zero-order chi connectivity index (χ0) is 56.5. The van der Waals surface area contributed by atoms with Crippen LogP contribution < -0.4 is 14.2 Å². The highest BCUT2D eigenvalue weighted by atomic mass is 16.6. The van der Waals surface area contributed by atoms with E-state index in [2.05, 4.69) is 27.7 Å². The summed E-state index contributed by atoms with van der Waals surface area (Å²) in [5.41, 5.74) is -0.698. The molecule has 0 aliphatic carbocycles. The second kappa shape index (κ2) is 48.1. The van der Waals surface area contributed by atoms with Crippen LogP contribution in [0.2, 0.25) is 0 Å². The van der Waals surface area contributed by atoms with E-state index in [0.717, 1.165) is 25.7 Å². The lowest BCUT2D eigenvalue weighted by atomic mass is 9.92. The molecule has 0 N–H and O–H groups in total. The molecule has 0 saturated heterocycles. The molecule has 0 fully saturated rings. The summed E-state index contributed by atoms with van der Waals surface area (Å²) in [6, 6.07) is 19.7. The average molecular weight is 1080 g/mol. The van der Waals surface area contributed by atoms with E-state index < -0.39 is 49.1 Å². The molecule has 0 spiro atoms. The van der Waals surface area contributed by atoms with E-state index >= 15 is 0 Å². The molecule has 3 aromatic rings. The van der Waals surface area contributed by atoms with E-state index in [9.17, 15) is 19.2 Å². The highest BCUT2D eigenvalue weighted by Gasteiger charge is 2.38. The molecule has 11 heteroatoms. The summed E-state index contributed by atoms with van der Waals surface area (Å²) in [4.78, 5) is 52.2. The van der Waals surface area contributed by atoms with Gasteiger partial charge in [-0.05, 0) is 92.6 Å². The van der Waals surface area contributed by atoms with Crippen LogP contribution in [0.25, 0.3) is 0 Å². The Hall–Kier alpha value is -5.06. The molecule has 3 rings (SSSR count). The van der Waals surface area contributed by atoms with Crippen LogP contribution in [0.15, 0.2) is 72.8 Å². The van der Waals surface area contributed by atoms with E-state index in [4.69, 9.17) is 33.2 Å². The lowest BCUT2D eigenvalue weighted by Crippen LogP contribution is -2.43. The van der Waals surface area contributed by atoms with E-state index in [1.165, 1.54) is 161 Å². The van der Waals surface area contributed by atoms with Crippen LogP contribution in [0, 0.1) is 5.41 Å². The van der Waals surface area contributed by atoms with Crippen molar-refractivity contribution in [3.8, 4) is 17.2 Å². The van der Waals surface area contributed by atoms with Gasteiger partial charge in [-0.3, -0.25) is 4.79 Å². The molecule has 436 valence electrons. The minimum atomic E-state index is -1.46. The Labute approximate surface area is 468 Å². The predicted octanol–water partition coefficient (Wildman–Crippen LogP) is 18.3. The highest BCUT2D eigenvalue weighted by molar-refractivity contribution is 5.90. The van der Waals surface area contributed by atoms with Crippen LogP contribution in [-0.4, -0.2) is 70.1 Å². The second-order valence-electron chi connectivity index (χ2n) is 20.2. The molecular weight excluding hydrogens is 969 g/mol. The predicted molar refractivity (Wildman–Crippen MR) is 315 cm³/mol. The summed E-state index contributed by atoms with van der Waals surface area (Å²) in [6.45, 7) is 16.1. The fourth-order valence-corrected chi connectivity index (χ4v) is 8.41. The maximum Gasteiger partial charge on any atom is 0.338 e. The van der Waals surface area contributed by atoms with Gasteiger partial charge >= 0.3 is 23.9 Å². The first kappa shape index (κ1) is 70.0. The Morgan fingerprint density at radius 3 is 0.805 bits per heavy atom. The molecule has 11 nitrogen and oxygen atoms in total. The van der Waals surface area contributed by atoms with Crippen LogP contribution in [0.1, 0.15) is 266 Å². The quantitative estimate of drug-likeness (QED) is 0.0304. The van der Waals surface area contributed by atoms with Crippen molar-refractivity contribution >= 4 is 23.9 Å². The number of rotatable bonds is 44. The lowest BCUT2D eigenvalue weighted by Gasteiger charge is -2.31. The number of benzene rings is 3. The minimum Gasteiger partial charge on any atom is -0.494 e. The maximum atomic E-state index is 13.4. The summed E-state index contributed by atoms with van der Waals surface area (Å²) < 4.78 is 40.0. The molecular formula is C66H106O11. The van der Waals surface area contributed by atoms with Crippen molar-refractivity contribution in [2.75, 3.05) is 46.2 Å². The number of carbonyl (C=O) groups excluding carboxylic acids is 4. The van der Waals surface area contributed by atoms with Gasteiger partial charge in [-0.2, -0.15) is 0 Å². The number of carbonyl (C=O) groups is 4. The van der Waals surface area contributed by atoms with Crippen molar-refractivity contribution in [3.63, 3.8) is 0 Å². The zero-order valence-electron chi connectivity index (χ0n) is 49.7. The Kier molecular flexibility index (Phi) is 43.7. The van der Waals surface area contributed by atoms with Gasteiger partial charge in [0, 0.05) is 6.92 Å². The van der Waals surface area contributed by atoms with Gasteiger partial charge in [0.2, 0.25) is 0 Å². The van der Waals surface area contributed by atoms with E-state index in [1.807, 2.05) is 20.8 Å². The fraction of sp³-hybridized carbons (Fsp3) is 0.667. The number of hydrogen-bond donors (Lipinski definition) is 0. The molecule has 0 heterocycles. The zero-order valence-corrected chi connectivity index (χ0v) is 49.7. The minimum absolute atomic E-state index is 0.245. The van der Waals surface area contributed by atoms with Crippen molar-refractivity contribution in [1.29, 1.82) is 0 Å². The molecule has 0 bridgehead atoms. The summed E-state index contributed by atoms with van der Waals surface area (Å²) in [5.74, 6) is -0.764.